The molecule has 7 heteroatoms. The number of para-hydroxylation sites is 2. The predicted octanol–water partition coefficient (Wildman–Crippen LogP) is 5.33. The van der Waals surface area contributed by atoms with Gasteiger partial charge in [0, 0.05) is 43.8 Å². The number of aliphatic hydroxyl groups excluding tert-OH is 1. The number of pyridine rings is 1. The van der Waals surface area contributed by atoms with Crippen LogP contribution in [0.4, 0.5) is 17.1 Å². The van der Waals surface area contributed by atoms with Crippen molar-refractivity contribution in [3.05, 3.63) is 96.9 Å². The molecule has 201 valence electrons. The number of benzene rings is 3. The van der Waals surface area contributed by atoms with E-state index in [1.165, 1.54) is 57.7 Å². The van der Waals surface area contributed by atoms with Crippen LogP contribution < -0.4 is 25.6 Å². The Kier molecular flexibility index (Phi) is 8.01. The van der Waals surface area contributed by atoms with Crippen LogP contribution in [-0.2, 0) is 24.9 Å². The summed E-state index contributed by atoms with van der Waals surface area (Å²) >= 11 is 0. The van der Waals surface area contributed by atoms with Crippen molar-refractivity contribution >= 4 is 59.7 Å². The van der Waals surface area contributed by atoms with Crippen molar-refractivity contribution in [2.24, 2.45) is 0 Å². The number of rotatable bonds is 2. The average Bonchev–Trinajstić information content (AvgIpc) is 2.88. The van der Waals surface area contributed by atoms with Crippen LogP contribution in [0.5, 0.6) is 0 Å². The third-order valence-electron chi connectivity index (χ3n) is 7.55. The van der Waals surface area contributed by atoms with Crippen molar-refractivity contribution in [3.8, 4) is 11.3 Å². The van der Waals surface area contributed by atoms with Crippen LogP contribution in [0.1, 0.15) is 13.8 Å². The second-order valence-electron chi connectivity index (χ2n) is 11.1. The van der Waals surface area contributed by atoms with Gasteiger partial charge in [-0.1, -0.05) is 74.7 Å². The van der Waals surface area contributed by atoms with Crippen LogP contribution in [-0.4, -0.2) is 32.0 Å². The zero-order valence-corrected chi connectivity index (χ0v) is 27.6. The fraction of sp³-hybridized carbons (Fsp3) is 0.188. The minimum Gasteiger partial charge on any atom is -0.512 e. The molecule has 3 heterocycles. The molecule has 4 nitrogen and oxygen atoms in total. The van der Waals surface area contributed by atoms with E-state index in [2.05, 4.69) is 109 Å². The number of hydrogen-bond donors (Lipinski definition) is 1. The van der Waals surface area contributed by atoms with Crippen molar-refractivity contribution in [2.75, 3.05) is 4.90 Å². The van der Waals surface area contributed by atoms with Crippen LogP contribution in [0.15, 0.2) is 90.8 Å². The number of anilines is 3. The smallest absolute Gasteiger partial charge is 0.155 e. The van der Waals surface area contributed by atoms with Gasteiger partial charge in [-0.2, -0.15) is 0 Å². The van der Waals surface area contributed by atoms with Gasteiger partial charge in [0.05, 0.1) is 21.9 Å². The molecule has 1 N–H and O–H groups in total. The summed E-state index contributed by atoms with van der Waals surface area (Å²) in [5.41, 5.74) is 6.26. The van der Waals surface area contributed by atoms with Gasteiger partial charge in [-0.05, 0) is 53.8 Å². The Bertz CT molecular complexity index is 1500. The second kappa shape index (κ2) is 10.8. The first kappa shape index (κ1) is 28.9. The minimum atomic E-state index is -1.94. The van der Waals surface area contributed by atoms with Crippen molar-refractivity contribution in [1.29, 1.82) is 0 Å². The van der Waals surface area contributed by atoms with Gasteiger partial charge in [-0.3, -0.25) is 4.79 Å². The summed E-state index contributed by atoms with van der Waals surface area (Å²) in [4.78, 5) is 17.2. The van der Waals surface area contributed by atoms with Gasteiger partial charge in [0.15, 0.2) is 5.78 Å². The van der Waals surface area contributed by atoms with Gasteiger partial charge >= 0.3 is 0 Å². The molecular formula is C32H33IrN2O2Si2-. The fourth-order valence-corrected chi connectivity index (χ4v) is 11.7. The number of carbonyl (C=O) groups is 1. The van der Waals surface area contributed by atoms with E-state index in [9.17, 15) is 4.79 Å². The third-order valence-corrected chi connectivity index (χ3v) is 14.4. The molecule has 2 aliphatic rings. The summed E-state index contributed by atoms with van der Waals surface area (Å²) in [6.07, 6.45) is 3.05. The molecule has 0 amide bonds. The molecule has 4 aromatic rings. The average molecular weight is 726 g/mol. The van der Waals surface area contributed by atoms with E-state index in [1.54, 1.807) is 0 Å². The molecule has 0 atom stereocenters. The number of hydrogen-bond acceptors (Lipinski definition) is 4. The standard InChI is InChI=1S/C27H25N2Si2.C5H8O2.Ir/c1-30(2)23-14-7-5-12-21(23)29-22-13-6-8-15-24(22)31(3,4)26-18-19(17-25(30)27(26)29)20-11-9-10-16-28-20;1-4(6)3-5(2)7;/h5-17H,1-4H3;3,6H,1-2H3;/q-1;;/b;4-3-;. The minimum absolute atomic E-state index is 0. The van der Waals surface area contributed by atoms with Crippen LogP contribution in [0.2, 0.25) is 26.2 Å². The van der Waals surface area contributed by atoms with E-state index in [0.717, 1.165) is 11.3 Å². The van der Waals surface area contributed by atoms with Crippen molar-refractivity contribution in [2.45, 2.75) is 40.0 Å². The topological polar surface area (TPSA) is 53.4 Å². The van der Waals surface area contributed by atoms with Crippen molar-refractivity contribution in [1.82, 2.24) is 4.98 Å². The first-order valence-electron chi connectivity index (χ1n) is 12.9. The Hall–Kier alpha value is -3.10. The Balaban J connectivity index is 0.000000394. The molecule has 0 unspecified atom stereocenters. The number of carbonyl (C=O) groups excluding carboxylic acids is 1. The Morgan fingerprint density at radius 3 is 1.92 bits per heavy atom. The van der Waals surface area contributed by atoms with Crippen molar-refractivity contribution < 1.29 is 30.0 Å². The van der Waals surface area contributed by atoms with Gasteiger partial charge in [0.25, 0.3) is 0 Å². The molecule has 39 heavy (non-hydrogen) atoms. The second-order valence-corrected chi connectivity index (χ2v) is 19.7. The monoisotopic (exact) mass is 726 g/mol. The summed E-state index contributed by atoms with van der Waals surface area (Å²) in [5, 5.41) is 14.3. The molecule has 3 aromatic carbocycles. The Morgan fingerprint density at radius 1 is 0.846 bits per heavy atom. The van der Waals surface area contributed by atoms with Crippen molar-refractivity contribution in [3.63, 3.8) is 0 Å². The number of allylic oxidation sites excluding steroid dienone is 2. The summed E-state index contributed by atoms with van der Waals surface area (Å²) in [5.74, 6) is -0.0625. The van der Waals surface area contributed by atoms with Crippen LogP contribution >= 0.6 is 0 Å². The molecule has 1 radical (unpaired) electrons. The van der Waals surface area contributed by atoms with E-state index >= 15 is 0 Å². The molecule has 0 fully saturated rings. The molecule has 0 spiro atoms. The van der Waals surface area contributed by atoms with Gasteiger partial charge in [-0.25, -0.2) is 0 Å². The van der Waals surface area contributed by atoms with Gasteiger partial charge < -0.3 is 15.0 Å². The van der Waals surface area contributed by atoms with E-state index in [-0.39, 0.29) is 31.6 Å². The largest absolute Gasteiger partial charge is 0.512 e. The quantitative estimate of drug-likeness (QED) is 0.132. The Morgan fingerprint density at radius 2 is 1.41 bits per heavy atom. The SMILES string of the molecule is CC(=O)/C=C(/C)O.C[Si]1(C)c2[c-]c(-c3ccccn3)cc3c2N(c2ccccc21)c1ccccc1[Si]3(C)C.[Ir]. The van der Waals surface area contributed by atoms with Crippen LogP contribution in [0, 0.1) is 6.07 Å². The summed E-state index contributed by atoms with van der Waals surface area (Å²) in [6, 6.07) is 30.5. The van der Waals surface area contributed by atoms with E-state index in [1.807, 2.05) is 12.3 Å². The summed E-state index contributed by atoms with van der Waals surface area (Å²) in [7, 11) is -3.84. The van der Waals surface area contributed by atoms with Gasteiger partial charge in [0.1, 0.15) is 0 Å². The van der Waals surface area contributed by atoms with Crippen LogP contribution in [0.3, 0.4) is 0 Å². The molecule has 6 rings (SSSR count). The maximum absolute atomic E-state index is 10.0. The molecule has 0 bridgehead atoms. The normalized spacial score (nSPS) is 15.4. The molecular weight excluding hydrogens is 693 g/mol. The Labute approximate surface area is 246 Å². The zero-order valence-electron chi connectivity index (χ0n) is 23.2. The number of fused-ring (bicyclic) bond motifs is 4. The van der Waals surface area contributed by atoms with Gasteiger partial charge in [0.2, 0.25) is 0 Å². The fourth-order valence-electron chi connectivity index (χ4n) is 5.74. The number of aromatic nitrogens is 1. The van der Waals surface area contributed by atoms with Crippen LogP contribution in [0.25, 0.3) is 11.3 Å². The number of ketones is 1. The molecule has 2 aliphatic heterocycles. The zero-order chi connectivity index (χ0) is 27.2. The van der Waals surface area contributed by atoms with E-state index < -0.39 is 16.1 Å². The maximum Gasteiger partial charge on any atom is 0.155 e. The predicted molar refractivity (Wildman–Crippen MR) is 164 cm³/mol. The summed E-state index contributed by atoms with van der Waals surface area (Å²) < 4.78 is 0. The first-order chi connectivity index (χ1) is 18.0. The molecule has 0 aliphatic carbocycles. The summed E-state index contributed by atoms with van der Waals surface area (Å²) in [6.45, 7) is 12.8. The van der Waals surface area contributed by atoms with Gasteiger partial charge in [-0.15, -0.1) is 28.1 Å². The third kappa shape index (κ3) is 5.00. The number of nitrogens with zero attached hydrogens (tertiary/aromatic N) is 2. The van der Waals surface area contributed by atoms with E-state index in [4.69, 9.17) is 5.11 Å². The molecule has 0 saturated carbocycles. The number of aliphatic hydroxyl groups is 1. The first-order valence-corrected chi connectivity index (χ1v) is 18.9. The van der Waals surface area contributed by atoms with E-state index in [0.29, 0.717) is 0 Å². The molecule has 1 aromatic heterocycles. The molecule has 0 saturated heterocycles. The maximum atomic E-state index is 10.0.